The number of ether oxygens (including phenoxy) is 2. The summed E-state index contributed by atoms with van der Waals surface area (Å²) in [5.74, 6) is 0.862. The zero-order valence-corrected chi connectivity index (χ0v) is 11.5. The fourth-order valence-electron chi connectivity index (χ4n) is 2.51. The predicted octanol–water partition coefficient (Wildman–Crippen LogP) is 2.95. The van der Waals surface area contributed by atoms with Crippen LogP contribution in [0, 0.1) is 5.92 Å². The summed E-state index contributed by atoms with van der Waals surface area (Å²) < 4.78 is 11.0. The highest BCUT2D eigenvalue weighted by molar-refractivity contribution is 4.67. The quantitative estimate of drug-likeness (QED) is 0.525. The van der Waals surface area contributed by atoms with E-state index in [0.717, 1.165) is 32.2 Å². The van der Waals surface area contributed by atoms with Crippen LogP contribution in [0.15, 0.2) is 0 Å². The van der Waals surface area contributed by atoms with Gasteiger partial charge in [-0.2, -0.15) is 0 Å². The SMILES string of the molecule is CCOC(CNCC1CCCCCC1)OCC. The van der Waals surface area contributed by atoms with E-state index in [1.54, 1.807) is 0 Å². The normalized spacial score (nSPS) is 18.5. The minimum absolute atomic E-state index is 0.0734. The van der Waals surface area contributed by atoms with Gasteiger partial charge in [0.25, 0.3) is 0 Å². The first-order valence-corrected chi connectivity index (χ1v) is 7.30. The molecule has 1 aliphatic carbocycles. The van der Waals surface area contributed by atoms with Gasteiger partial charge in [0.2, 0.25) is 0 Å². The Morgan fingerprint density at radius 2 is 1.59 bits per heavy atom. The number of hydrogen-bond acceptors (Lipinski definition) is 3. The maximum Gasteiger partial charge on any atom is 0.169 e. The second kappa shape index (κ2) is 9.86. The molecule has 0 radical (unpaired) electrons. The Labute approximate surface area is 106 Å². The third kappa shape index (κ3) is 7.02. The summed E-state index contributed by atoms with van der Waals surface area (Å²) in [5, 5.41) is 3.50. The van der Waals surface area contributed by atoms with E-state index in [1.165, 1.54) is 38.5 Å². The molecule has 102 valence electrons. The molecule has 0 spiro atoms. The van der Waals surface area contributed by atoms with Gasteiger partial charge in [-0.1, -0.05) is 25.7 Å². The van der Waals surface area contributed by atoms with Gasteiger partial charge in [0, 0.05) is 19.8 Å². The number of nitrogens with one attached hydrogen (secondary N) is 1. The lowest BCUT2D eigenvalue weighted by atomic mass is 10.0. The molecule has 0 aliphatic heterocycles. The summed E-state index contributed by atoms with van der Waals surface area (Å²) in [5.41, 5.74) is 0. The van der Waals surface area contributed by atoms with E-state index in [1.807, 2.05) is 13.8 Å². The molecule has 0 aromatic heterocycles. The van der Waals surface area contributed by atoms with Gasteiger partial charge in [-0.15, -0.1) is 0 Å². The van der Waals surface area contributed by atoms with Gasteiger partial charge in [-0.25, -0.2) is 0 Å². The average Bonchev–Trinajstić information content (AvgIpc) is 2.58. The number of rotatable bonds is 8. The van der Waals surface area contributed by atoms with Crippen LogP contribution in [0.25, 0.3) is 0 Å². The largest absolute Gasteiger partial charge is 0.352 e. The first kappa shape index (κ1) is 14.9. The molecule has 0 atom stereocenters. The standard InChI is InChI=1S/C14H29NO2/c1-3-16-14(17-4-2)12-15-11-13-9-7-5-6-8-10-13/h13-15H,3-12H2,1-2H3. The average molecular weight is 243 g/mol. The molecule has 1 aliphatic rings. The van der Waals surface area contributed by atoms with Gasteiger partial charge in [0.15, 0.2) is 6.29 Å². The molecule has 0 amide bonds. The highest BCUT2D eigenvalue weighted by Crippen LogP contribution is 2.21. The third-order valence-electron chi connectivity index (χ3n) is 3.42. The first-order valence-electron chi connectivity index (χ1n) is 7.30. The molecule has 0 saturated heterocycles. The molecule has 0 heterocycles. The Hall–Kier alpha value is -0.120. The molecule has 1 N–H and O–H groups in total. The van der Waals surface area contributed by atoms with Crippen LogP contribution in [0.2, 0.25) is 0 Å². The van der Waals surface area contributed by atoms with E-state index < -0.39 is 0 Å². The highest BCUT2D eigenvalue weighted by Gasteiger charge is 2.13. The van der Waals surface area contributed by atoms with E-state index in [0.29, 0.717) is 0 Å². The molecule has 3 nitrogen and oxygen atoms in total. The molecular formula is C14H29NO2. The van der Waals surface area contributed by atoms with Crippen LogP contribution in [-0.4, -0.2) is 32.6 Å². The zero-order chi connectivity index (χ0) is 12.3. The Balaban J connectivity index is 2.10. The summed E-state index contributed by atoms with van der Waals surface area (Å²) in [6, 6.07) is 0. The molecule has 1 fully saturated rings. The van der Waals surface area contributed by atoms with E-state index in [4.69, 9.17) is 9.47 Å². The van der Waals surface area contributed by atoms with Gasteiger partial charge < -0.3 is 14.8 Å². The maximum absolute atomic E-state index is 5.51. The van der Waals surface area contributed by atoms with Crippen LogP contribution < -0.4 is 5.32 Å². The highest BCUT2D eigenvalue weighted by atomic mass is 16.7. The molecule has 3 heteroatoms. The fraction of sp³-hybridized carbons (Fsp3) is 1.00. The van der Waals surface area contributed by atoms with E-state index in [9.17, 15) is 0 Å². The molecule has 0 bridgehead atoms. The van der Waals surface area contributed by atoms with Crippen molar-refractivity contribution in [2.45, 2.75) is 58.7 Å². The first-order chi connectivity index (χ1) is 8.36. The van der Waals surface area contributed by atoms with Crippen molar-refractivity contribution in [1.29, 1.82) is 0 Å². The smallest absolute Gasteiger partial charge is 0.169 e. The Kier molecular flexibility index (Phi) is 8.67. The summed E-state index contributed by atoms with van der Waals surface area (Å²) >= 11 is 0. The van der Waals surface area contributed by atoms with Crippen molar-refractivity contribution in [2.75, 3.05) is 26.3 Å². The van der Waals surface area contributed by atoms with Crippen LogP contribution in [0.5, 0.6) is 0 Å². The van der Waals surface area contributed by atoms with Crippen molar-refractivity contribution in [3.05, 3.63) is 0 Å². The van der Waals surface area contributed by atoms with Gasteiger partial charge >= 0.3 is 0 Å². The molecule has 17 heavy (non-hydrogen) atoms. The van der Waals surface area contributed by atoms with Crippen LogP contribution >= 0.6 is 0 Å². The van der Waals surface area contributed by atoms with Crippen molar-refractivity contribution in [2.24, 2.45) is 5.92 Å². The lowest BCUT2D eigenvalue weighted by Gasteiger charge is -2.20. The second-order valence-electron chi connectivity index (χ2n) is 4.86. The van der Waals surface area contributed by atoms with E-state index >= 15 is 0 Å². The minimum atomic E-state index is -0.0734. The second-order valence-corrected chi connectivity index (χ2v) is 4.86. The van der Waals surface area contributed by atoms with Crippen molar-refractivity contribution in [1.82, 2.24) is 5.32 Å². The van der Waals surface area contributed by atoms with Gasteiger partial charge in [0.05, 0.1) is 0 Å². The molecule has 0 aromatic carbocycles. The number of hydrogen-bond donors (Lipinski definition) is 1. The van der Waals surface area contributed by atoms with Crippen molar-refractivity contribution in [3.63, 3.8) is 0 Å². The maximum atomic E-state index is 5.51. The summed E-state index contributed by atoms with van der Waals surface area (Å²) in [4.78, 5) is 0. The van der Waals surface area contributed by atoms with Crippen LogP contribution in [0.4, 0.5) is 0 Å². The van der Waals surface area contributed by atoms with Crippen LogP contribution in [-0.2, 0) is 9.47 Å². The summed E-state index contributed by atoms with van der Waals surface area (Å²) in [6.45, 7) is 7.40. The van der Waals surface area contributed by atoms with Gasteiger partial charge in [0.1, 0.15) is 0 Å². The Morgan fingerprint density at radius 3 is 2.12 bits per heavy atom. The third-order valence-corrected chi connectivity index (χ3v) is 3.42. The molecule has 1 rings (SSSR count). The summed E-state index contributed by atoms with van der Waals surface area (Å²) in [7, 11) is 0. The van der Waals surface area contributed by atoms with Crippen LogP contribution in [0.1, 0.15) is 52.4 Å². The van der Waals surface area contributed by atoms with E-state index in [-0.39, 0.29) is 6.29 Å². The van der Waals surface area contributed by atoms with Gasteiger partial charge in [-0.05, 0) is 39.2 Å². The minimum Gasteiger partial charge on any atom is -0.352 e. The van der Waals surface area contributed by atoms with E-state index in [2.05, 4.69) is 5.32 Å². The fourth-order valence-corrected chi connectivity index (χ4v) is 2.51. The predicted molar refractivity (Wildman–Crippen MR) is 71.1 cm³/mol. The summed E-state index contributed by atoms with van der Waals surface area (Å²) in [6.07, 6.45) is 8.38. The molecule has 1 saturated carbocycles. The monoisotopic (exact) mass is 243 g/mol. The van der Waals surface area contributed by atoms with Crippen molar-refractivity contribution < 1.29 is 9.47 Å². The lowest BCUT2D eigenvalue weighted by Crippen LogP contribution is -2.34. The lowest BCUT2D eigenvalue weighted by molar-refractivity contribution is -0.133. The van der Waals surface area contributed by atoms with Crippen molar-refractivity contribution >= 4 is 0 Å². The van der Waals surface area contributed by atoms with Crippen molar-refractivity contribution in [3.8, 4) is 0 Å². The van der Waals surface area contributed by atoms with Gasteiger partial charge in [-0.3, -0.25) is 0 Å². The zero-order valence-electron chi connectivity index (χ0n) is 11.5. The molecular weight excluding hydrogens is 214 g/mol. The Morgan fingerprint density at radius 1 is 1.00 bits per heavy atom. The molecule has 0 unspecified atom stereocenters. The topological polar surface area (TPSA) is 30.5 Å². The molecule has 0 aromatic rings. The Bertz CT molecular complexity index is 160. The van der Waals surface area contributed by atoms with Crippen LogP contribution in [0.3, 0.4) is 0 Å².